The second-order valence-corrected chi connectivity index (χ2v) is 7.62. The van der Waals surface area contributed by atoms with Gasteiger partial charge in [-0.25, -0.2) is 4.39 Å². The third-order valence-corrected chi connectivity index (χ3v) is 5.58. The zero-order valence-electron chi connectivity index (χ0n) is 14.9. The van der Waals surface area contributed by atoms with Crippen molar-refractivity contribution in [2.24, 2.45) is 0 Å². The number of hydrogen-bond donors (Lipinski definition) is 1. The van der Waals surface area contributed by atoms with E-state index in [4.69, 9.17) is 0 Å². The molecular formula is C21H22BrClFN3. The summed E-state index contributed by atoms with van der Waals surface area (Å²) in [7, 11) is 0. The molecule has 0 saturated heterocycles. The monoisotopic (exact) mass is 449 g/mol. The van der Waals surface area contributed by atoms with E-state index in [9.17, 15) is 4.39 Å². The van der Waals surface area contributed by atoms with Crippen LogP contribution >= 0.6 is 28.3 Å². The summed E-state index contributed by atoms with van der Waals surface area (Å²) < 4.78 is 16.0. The molecule has 0 spiro atoms. The van der Waals surface area contributed by atoms with Crippen molar-refractivity contribution in [3.63, 3.8) is 0 Å². The quantitative estimate of drug-likeness (QED) is 0.562. The lowest BCUT2D eigenvalue weighted by Gasteiger charge is -2.24. The summed E-state index contributed by atoms with van der Waals surface area (Å²) in [5, 5.41) is 8.26. The van der Waals surface area contributed by atoms with Gasteiger partial charge in [-0.2, -0.15) is 5.10 Å². The van der Waals surface area contributed by atoms with Crippen molar-refractivity contribution in [3.05, 3.63) is 87.4 Å². The number of hydrogen-bond acceptors (Lipinski definition) is 2. The summed E-state index contributed by atoms with van der Waals surface area (Å²) in [6.45, 7) is 1.53. The van der Waals surface area contributed by atoms with Crippen LogP contribution in [-0.2, 0) is 19.5 Å². The lowest BCUT2D eigenvalue weighted by molar-refractivity contribution is 0.449. The van der Waals surface area contributed by atoms with Crippen molar-refractivity contribution >= 4 is 28.3 Å². The van der Waals surface area contributed by atoms with Gasteiger partial charge in [0.15, 0.2) is 0 Å². The number of nitrogens with one attached hydrogen (secondary N) is 1. The maximum atomic E-state index is 13.4. The summed E-state index contributed by atoms with van der Waals surface area (Å²) in [5.41, 5.74) is 4.97. The molecule has 1 heterocycles. The van der Waals surface area contributed by atoms with Crippen LogP contribution in [0.1, 0.15) is 41.3 Å². The van der Waals surface area contributed by atoms with Gasteiger partial charge in [-0.15, -0.1) is 12.4 Å². The SMILES string of the molecule is Cl.Fc1ccc(CNC2CCCc3c2cnn3Cc2ccccc2)cc1Br. The summed E-state index contributed by atoms with van der Waals surface area (Å²) in [4.78, 5) is 0. The Balaban J connectivity index is 0.00000210. The van der Waals surface area contributed by atoms with Gasteiger partial charge in [0.25, 0.3) is 0 Å². The van der Waals surface area contributed by atoms with Gasteiger partial charge in [0.2, 0.25) is 0 Å². The molecule has 2 aromatic carbocycles. The van der Waals surface area contributed by atoms with E-state index in [1.165, 1.54) is 22.9 Å². The zero-order chi connectivity index (χ0) is 17.9. The van der Waals surface area contributed by atoms with Gasteiger partial charge in [0, 0.05) is 23.8 Å². The number of halogens is 3. The van der Waals surface area contributed by atoms with E-state index < -0.39 is 0 Å². The first kappa shape index (κ1) is 20.1. The fourth-order valence-corrected chi connectivity index (χ4v) is 4.04. The number of benzene rings is 2. The van der Waals surface area contributed by atoms with Crippen molar-refractivity contribution in [1.29, 1.82) is 0 Å². The standard InChI is InChI=1S/C21H21BrFN3.ClH/c22-18-11-16(9-10-19(18)23)12-24-20-7-4-8-21-17(20)13-25-26(21)14-15-5-2-1-3-6-15;/h1-3,5-6,9-11,13,20,24H,4,7-8,12,14H2;1H. The van der Waals surface area contributed by atoms with Crippen LogP contribution in [0, 0.1) is 5.82 Å². The van der Waals surface area contributed by atoms with Crippen molar-refractivity contribution in [3.8, 4) is 0 Å². The highest BCUT2D eigenvalue weighted by Crippen LogP contribution is 2.30. The molecule has 1 N–H and O–H groups in total. The fraction of sp³-hybridized carbons (Fsp3) is 0.286. The molecule has 1 aromatic heterocycles. The van der Waals surface area contributed by atoms with Gasteiger partial charge in [-0.1, -0.05) is 36.4 Å². The highest BCUT2D eigenvalue weighted by Gasteiger charge is 2.24. The first-order valence-electron chi connectivity index (χ1n) is 8.96. The molecular weight excluding hydrogens is 429 g/mol. The van der Waals surface area contributed by atoms with Crippen LogP contribution in [-0.4, -0.2) is 9.78 Å². The predicted octanol–water partition coefficient (Wildman–Crippen LogP) is 5.42. The van der Waals surface area contributed by atoms with E-state index in [1.807, 2.05) is 24.4 Å². The van der Waals surface area contributed by atoms with Gasteiger partial charge < -0.3 is 5.32 Å². The van der Waals surface area contributed by atoms with Gasteiger partial charge in [-0.3, -0.25) is 4.68 Å². The summed E-state index contributed by atoms with van der Waals surface area (Å²) in [5.74, 6) is -0.226. The summed E-state index contributed by atoms with van der Waals surface area (Å²) >= 11 is 3.26. The Labute approximate surface area is 173 Å². The zero-order valence-corrected chi connectivity index (χ0v) is 17.3. The third-order valence-electron chi connectivity index (χ3n) is 4.97. The Kier molecular flexibility index (Phi) is 6.68. The highest BCUT2D eigenvalue weighted by atomic mass is 79.9. The van der Waals surface area contributed by atoms with E-state index in [-0.39, 0.29) is 18.2 Å². The Morgan fingerprint density at radius 2 is 1.96 bits per heavy atom. The molecule has 0 aliphatic heterocycles. The molecule has 0 bridgehead atoms. The van der Waals surface area contributed by atoms with Gasteiger partial charge >= 0.3 is 0 Å². The second kappa shape index (κ2) is 9.00. The maximum absolute atomic E-state index is 13.4. The van der Waals surface area contributed by atoms with E-state index in [0.29, 0.717) is 17.1 Å². The Hall–Kier alpha value is -1.69. The highest BCUT2D eigenvalue weighted by molar-refractivity contribution is 9.10. The lowest BCUT2D eigenvalue weighted by Crippen LogP contribution is -2.25. The van der Waals surface area contributed by atoms with Crippen LogP contribution in [0.15, 0.2) is 59.2 Å². The molecule has 0 fully saturated rings. The van der Waals surface area contributed by atoms with E-state index in [0.717, 1.165) is 31.4 Å². The topological polar surface area (TPSA) is 29.9 Å². The van der Waals surface area contributed by atoms with Crippen LogP contribution in [0.5, 0.6) is 0 Å². The minimum absolute atomic E-state index is 0. The van der Waals surface area contributed by atoms with Crippen molar-refractivity contribution in [2.75, 3.05) is 0 Å². The first-order chi connectivity index (χ1) is 12.7. The minimum atomic E-state index is -0.226. The predicted molar refractivity (Wildman–Crippen MR) is 112 cm³/mol. The Morgan fingerprint density at radius 1 is 1.15 bits per heavy atom. The normalized spacial score (nSPS) is 15.9. The number of nitrogens with zero attached hydrogens (tertiary/aromatic N) is 2. The number of aromatic nitrogens is 2. The molecule has 1 aliphatic carbocycles. The first-order valence-corrected chi connectivity index (χ1v) is 9.76. The molecule has 3 nitrogen and oxygen atoms in total. The number of rotatable bonds is 5. The van der Waals surface area contributed by atoms with E-state index >= 15 is 0 Å². The molecule has 0 amide bonds. The molecule has 1 aliphatic rings. The van der Waals surface area contributed by atoms with Crippen molar-refractivity contribution in [1.82, 2.24) is 15.1 Å². The molecule has 4 rings (SSSR count). The molecule has 1 atom stereocenters. The largest absolute Gasteiger partial charge is 0.306 e. The van der Waals surface area contributed by atoms with Gasteiger partial charge in [-0.05, 0) is 58.5 Å². The molecule has 3 aromatic rings. The van der Waals surface area contributed by atoms with Crippen molar-refractivity contribution in [2.45, 2.75) is 38.4 Å². The second-order valence-electron chi connectivity index (χ2n) is 6.76. The average Bonchev–Trinajstić information content (AvgIpc) is 3.07. The van der Waals surface area contributed by atoms with Crippen LogP contribution in [0.3, 0.4) is 0 Å². The minimum Gasteiger partial charge on any atom is -0.306 e. The van der Waals surface area contributed by atoms with Gasteiger partial charge in [0.1, 0.15) is 5.82 Å². The Morgan fingerprint density at radius 3 is 2.74 bits per heavy atom. The molecule has 0 radical (unpaired) electrons. The van der Waals surface area contributed by atoms with Crippen LogP contribution < -0.4 is 5.32 Å². The molecule has 6 heteroatoms. The van der Waals surface area contributed by atoms with Crippen LogP contribution in [0.4, 0.5) is 4.39 Å². The number of fused-ring (bicyclic) bond motifs is 1. The fourth-order valence-electron chi connectivity index (χ4n) is 3.61. The summed E-state index contributed by atoms with van der Waals surface area (Å²) in [6.07, 6.45) is 5.34. The Bertz CT molecular complexity index is 898. The van der Waals surface area contributed by atoms with E-state index in [1.54, 1.807) is 0 Å². The van der Waals surface area contributed by atoms with Crippen LogP contribution in [0.25, 0.3) is 0 Å². The lowest BCUT2D eigenvalue weighted by atomic mass is 9.92. The van der Waals surface area contributed by atoms with E-state index in [2.05, 4.69) is 55.3 Å². The smallest absolute Gasteiger partial charge is 0.137 e. The molecule has 142 valence electrons. The molecule has 1 unspecified atom stereocenters. The van der Waals surface area contributed by atoms with Crippen LogP contribution in [0.2, 0.25) is 0 Å². The third kappa shape index (κ3) is 4.60. The molecule has 0 saturated carbocycles. The van der Waals surface area contributed by atoms with Crippen molar-refractivity contribution < 1.29 is 4.39 Å². The maximum Gasteiger partial charge on any atom is 0.137 e. The summed E-state index contributed by atoms with van der Waals surface area (Å²) in [6, 6.07) is 15.9. The van der Waals surface area contributed by atoms with Gasteiger partial charge in [0.05, 0.1) is 17.2 Å². The molecule has 27 heavy (non-hydrogen) atoms. The average molecular weight is 451 g/mol.